The summed E-state index contributed by atoms with van der Waals surface area (Å²) >= 11 is 7.34. The van der Waals surface area contributed by atoms with Crippen LogP contribution in [0.5, 0.6) is 0 Å². The van der Waals surface area contributed by atoms with Crippen molar-refractivity contribution in [3.63, 3.8) is 0 Å². The molecule has 0 atom stereocenters. The third kappa shape index (κ3) is 4.18. The SMILES string of the molecule is Cc1ccc(-c2nc3ncccc3o2)cc1NC(=O)CSc1ccc(Cl)cc1. The van der Waals surface area contributed by atoms with Gasteiger partial charge < -0.3 is 9.73 Å². The first-order valence-electron chi connectivity index (χ1n) is 8.59. The number of carbonyl (C=O) groups is 1. The van der Waals surface area contributed by atoms with Gasteiger partial charge in [-0.1, -0.05) is 17.7 Å². The summed E-state index contributed by atoms with van der Waals surface area (Å²) in [5, 5.41) is 3.64. The van der Waals surface area contributed by atoms with Gasteiger partial charge in [0.25, 0.3) is 0 Å². The summed E-state index contributed by atoms with van der Waals surface area (Å²) in [4.78, 5) is 22.0. The summed E-state index contributed by atoms with van der Waals surface area (Å²) in [6.07, 6.45) is 1.67. The summed E-state index contributed by atoms with van der Waals surface area (Å²) in [7, 11) is 0. The molecule has 0 saturated carbocycles. The average molecular weight is 410 g/mol. The third-order valence-electron chi connectivity index (χ3n) is 4.11. The number of anilines is 1. The van der Waals surface area contributed by atoms with Crippen molar-refractivity contribution >= 4 is 46.2 Å². The standard InChI is InChI=1S/C21H16ClN3O2S/c1-13-4-5-14(21-25-20-18(27-21)3-2-10-23-20)11-17(13)24-19(26)12-28-16-8-6-15(22)7-9-16/h2-11H,12H2,1H3,(H,24,26). The molecule has 28 heavy (non-hydrogen) atoms. The van der Waals surface area contributed by atoms with E-state index in [1.165, 1.54) is 11.8 Å². The van der Waals surface area contributed by atoms with Crippen LogP contribution in [-0.4, -0.2) is 21.6 Å². The van der Waals surface area contributed by atoms with Crippen molar-refractivity contribution in [2.45, 2.75) is 11.8 Å². The van der Waals surface area contributed by atoms with Gasteiger partial charge >= 0.3 is 0 Å². The van der Waals surface area contributed by atoms with Gasteiger partial charge in [-0.05, 0) is 61.0 Å². The molecule has 0 aliphatic heterocycles. The Balaban J connectivity index is 1.49. The fourth-order valence-corrected chi connectivity index (χ4v) is 3.47. The Hall–Kier alpha value is -2.83. The normalized spacial score (nSPS) is 10.9. The zero-order valence-electron chi connectivity index (χ0n) is 15.0. The van der Waals surface area contributed by atoms with Gasteiger partial charge in [0.05, 0.1) is 5.75 Å². The van der Waals surface area contributed by atoms with Crippen molar-refractivity contribution in [1.82, 2.24) is 9.97 Å². The molecule has 2 aromatic carbocycles. The molecule has 0 aliphatic rings. The fraction of sp³-hybridized carbons (Fsp3) is 0.0952. The summed E-state index contributed by atoms with van der Waals surface area (Å²) in [6.45, 7) is 1.94. The van der Waals surface area contributed by atoms with Crippen molar-refractivity contribution in [3.05, 3.63) is 71.4 Å². The minimum atomic E-state index is -0.0839. The molecule has 0 bridgehead atoms. The molecule has 0 fully saturated rings. The number of carbonyl (C=O) groups excluding carboxylic acids is 1. The molecule has 1 amide bonds. The summed E-state index contributed by atoms with van der Waals surface area (Å²) in [6, 6.07) is 16.7. The van der Waals surface area contributed by atoms with E-state index in [-0.39, 0.29) is 5.91 Å². The van der Waals surface area contributed by atoms with Crippen LogP contribution in [-0.2, 0) is 4.79 Å². The lowest BCUT2D eigenvalue weighted by molar-refractivity contribution is -0.113. The molecule has 140 valence electrons. The van der Waals surface area contributed by atoms with Crippen molar-refractivity contribution in [1.29, 1.82) is 0 Å². The van der Waals surface area contributed by atoms with E-state index >= 15 is 0 Å². The topological polar surface area (TPSA) is 68.0 Å². The summed E-state index contributed by atoms with van der Waals surface area (Å²) in [5.74, 6) is 0.692. The Labute approximate surface area is 171 Å². The third-order valence-corrected chi connectivity index (χ3v) is 5.37. The van der Waals surface area contributed by atoms with E-state index in [4.69, 9.17) is 16.0 Å². The highest BCUT2D eigenvalue weighted by atomic mass is 35.5. The molecule has 7 heteroatoms. The van der Waals surface area contributed by atoms with E-state index < -0.39 is 0 Å². The lowest BCUT2D eigenvalue weighted by atomic mass is 10.1. The predicted octanol–water partition coefficient (Wildman–Crippen LogP) is 5.58. The van der Waals surface area contributed by atoms with Crippen LogP contribution in [0.3, 0.4) is 0 Å². The number of benzene rings is 2. The summed E-state index contributed by atoms with van der Waals surface area (Å²) in [5.41, 5.74) is 3.66. The van der Waals surface area contributed by atoms with E-state index in [0.717, 1.165) is 21.7 Å². The molecular formula is C21H16ClN3O2S. The zero-order valence-corrected chi connectivity index (χ0v) is 16.6. The van der Waals surface area contributed by atoms with Crippen LogP contribution in [0.2, 0.25) is 5.02 Å². The van der Waals surface area contributed by atoms with Gasteiger partial charge in [0.1, 0.15) is 0 Å². The van der Waals surface area contributed by atoms with E-state index in [2.05, 4.69) is 15.3 Å². The lowest BCUT2D eigenvalue weighted by Crippen LogP contribution is -2.14. The molecule has 0 aliphatic carbocycles. The smallest absolute Gasteiger partial charge is 0.234 e. The average Bonchev–Trinajstić information content (AvgIpc) is 3.13. The van der Waals surface area contributed by atoms with Crippen molar-refractivity contribution in [3.8, 4) is 11.5 Å². The van der Waals surface area contributed by atoms with Gasteiger partial charge in [0.15, 0.2) is 11.2 Å². The fourth-order valence-electron chi connectivity index (χ4n) is 2.65. The first-order valence-corrected chi connectivity index (χ1v) is 9.96. The number of amides is 1. The van der Waals surface area contributed by atoms with Crippen LogP contribution in [0.1, 0.15) is 5.56 Å². The highest BCUT2D eigenvalue weighted by Gasteiger charge is 2.12. The number of aryl methyl sites for hydroxylation is 1. The molecule has 4 aromatic rings. The van der Waals surface area contributed by atoms with Crippen molar-refractivity contribution in [2.75, 3.05) is 11.1 Å². The van der Waals surface area contributed by atoms with Gasteiger partial charge in [-0.3, -0.25) is 4.79 Å². The summed E-state index contributed by atoms with van der Waals surface area (Å²) < 4.78 is 5.77. The van der Waals surface area contributed by atoms with E-state index in [0.29, 0.717) is 27.9 Å². The number of fused-ring (bicyclic) bond motifs is 1. The Morgan fingerprint density at radius 2 is 2.00 bits per heavy atom. The van der Waals surface area contributed by atoms with Crippen molar-refractivity contribution < 1.29 is 9.21 Å². The second-order valence-electron chi connectivity index (χ2n) is 6.16. The number of hydrogen-bond acceptors (Lipinski definition) is 5. The van der Waals surface area contributed by atoms with Crippen molar-refractivity contribution in [2.24, 2.45) is 0 Å². The second-order valence-corrected chi connectivity index (χ2v) is 7.65. The Kier molecular flexibility index (Phi) is 5.32. The van der Waals surface area contributed by atoms with Gasteiger partial charge in [0.2, 0.25) is 11.8 Å². The molecule has 2 heterocycles. The number of aromatic nitrogens is 2. The van der Waals surface area contributed by atoms with Crippen LogP contribution in [0, 0.1) is 6.92 Å². The molecule has 1 N–H and O–H groups in total. The largest absolute Gasteiger partial charge is 0.434 e. The van der Waals surface area contributed by atoms with E-state index in [9.17, 15) is 4.79 Å². The van der Waals surface area contributed by atoms with E-state index in [1.54, 1.807) is 12.3 Å². The Morgan fingerprint density at radius 3 is 2.79 bits per heavy atom. The van der Waals surface area contributed by atoms with Gasteiger partial charge in [-0.15, -0.1) is 11.8 Å². The lowest BCUT2D eigenvalue weighted by Gasteiger charge is -2.09. The highest BCUT2D eigenvalue weighted by Crippen LogP contribution is 2.28. The number of rotatable bonds is 5. The Morgan fingerprint density at radius 1 is 1.18 bits per heavy atom. The second kappa shape index (κ2) is 8.04. The number of pyridine rings is 1. The minimum Gasteiger partial charge on any atom is -0.434 e. The quantitative estimate of drug-likeness (QED) is 0.435. The molecule has 4 rings (SSSR count). The van der Waals surface area contributed by atoms with Crippen LogP contribution in [0.15, 0.2) is 70.1 Å². The Bertz CT molecular complexity index is 1110. The highest BCUT2D eigenvalue weighted by molar-refractivity contribution is 8.00. The number of hydrogen-bond donors (Lipinski definition) is 1. The number of oxazole rings is 1. The monoisotopic (exact) mass is 409 g/mol. The van der Waals surface area contributed by atoms with Gasteiger partial charge in [-0.2, -0.15) is 4.98 Å². The first kappa shape index (κ1) is 18.5. The molecule has 0 unspecified atom stereocenters. The molecule has 0 saturated heterocycles. The molecule has 0 spiro atoms. The maximum absolute atomic E-state index is 12.4. The van der Waals surface area contributed by atoms with E-state index in [1.807, 2.05) is 55.5 Å². The molecule has 0 radical (unpaired) electrons. The minimum absolute atomic E-state index is 0.0839. The molecule has 2 aromatic heterocycles. The maximum Gasteiger partial charge on any atom is 0.234 e. The van der Waals surface area contributed by atoms with Gasteiger partial charge in [0, 0.05) is 27.4 Å². The van der Waals surface area contributed by atoms with Crippen LogP contribution < -0.4 is 5.32 Å². The predicted molar refractivity (Wildman–Crippen MR) is 113 cm³/mol. The zero-order chi connectivity index (χ0) is 19.5. The number of nitrogens with one attached hydrogen (secondary N) is 1. The molecule has 5 nitrogen and oxygen atoms in total. The number of halogens is 1. The molecular weight excluding hydrogens is 394 g/mol. The van der Waals surface area contributed by atoms with Gasteiger partial charge in [-0.25, -0.2) is 4.98 Å². The van der Waals surface area contributed by atoms with Crippen LogP contribution in [0.4, 0.5) is 5.69 Å². The van der Waals surface area contributed by atoms with Crippen LogP contribution >= 0.6 is 23.4 Å². The maximum atomic E-state index is 12.4. The number of nitrogens with zero attached hydrogens (tertiary/aromatic N) is 2. The number of thioether (sulfide) groups is 1. The van der Waals surface area contributed by atoms with Crippen LogP contribution in [0.25, 0.3) is 22.7 Å². The first-order chi connectivity index (χ1) is 13.6.